The fourth-order valence-corrected chi connectivity index (χ4v) is 2.50. The standard InChI is InChI=1S/C11H20BrNO/c1-9(12)11(14)13(2)8-10-6-4-3-5-7-10/h9-10H,3-8H2,1-2H3. The molecule has 3 heteroatoms. The van der Waals surface area contributed by atoms with Crippen LogP contribution in [0.2, 0.25) is 0 Å². The van der Waals surface area contributed by atoms with Gasteiger partial charge in [-0.05, 0) is 25.7 Å². The lowest BCUT2D eigenvalue weighted by Crippen LogP contribution is -2.36. The van der Waals surface area contributed by atoms with Gasteiger partial charge in [0.15, 0.2) is 0 Å². The van der Waals surface area contributed by atoms with Crippen molar-refractivity contribution in [1.82, 2.24) is 4.90 Å². The molecule has 0 radical (unpaired) electrons. The summed E-state index contributed by atoms with van der Waals surface area (Å²) in [5.74, 6) is 0.944. The van der Waals surface area contributed by atoms with Crippen LogP contribution in [0.25, 0.3) is 0 Å². The summed E-state index contributed by atoms with van der Waals surface area (Å²) < 4.78 is 0. The summed E-state index contributed by atoms with van der Waals surface area (Å²) in [5.41, 5.74) is 0. The summed E-state index contributed by atoms with van der Waals surface area (Å²) >= 11 is 3.31. The van der Waals surface area contributed by atoms with E-state index in [2.05, 4.69) is 15.9 Å². The van der Waals surface area contributed by atoms with Crippen LogP contribution in [-0.4, -0.2) is 29.2 Å². The number of alkyl halides is 1. The van der Waals surface area contributed by atoms with Gasteiger partial charge in [0.05, 0.1) is 4.83 Å². The van der Waals surface area contributed by atoms with Crippen LogP contribution in [0.15, 0.2) is 0 Å². The molecule has 1 saturated carbocycles. The minimum Gasteiger partial charge on any atom is -0.345 e. The number of nitrogens with zero attached hydrogens (tertiary/aromatic N) is 1. The van der Waals surface area contributed by atoms with Crippen molar-refractivity contribution in [3.05, 3.63) is 0 Å². The van der Waals surface area contributed by atoms with Crippen molar-refractivity contribution in [3.63, 3.8) is 0 Å². The number of carbonyl (C=O) groups excluding carboxylic acids is 1. The largest absolute Gasteiger partial charge is 0.345 e. The summed E-state index contributed by atoms with van der Waals surface area (Å²) in [5, 5.41) is 0. The number of amides is 1. The van der Waals surface area contributed by atoms with Crippen LogP contribution in [-0.2, 0) is 4.79 Å². The smallest absolute Gasteiger partial charge is 0.235 e. The molecular weight excluding hydrogens is 242 g/mol. The summed E-state index contributed by atoms with van der Waals surface area (Å²) in [6, 6.07) is 0. The summed E-state index contributed by atoms with van der Waals surface area (Å²) in [6.45, 7) is 2.83. The van der Waals surface area contributed by atoms with Crippen molar-refractivity contribution in [2.45, 2.75) is 43.9 Å². The second kappa shape index (κ2) is 5.74. The Morgan fingerprint density at radius 2 is 2.00 bits per heavy atom. The third-order valence-corrected chi connectivity index (χ3v) is 3.36. The lowest BCUT2D eigenvalue weighted by molar-refractivity contribution is -0.129. The molecule has 0 aliphatic heterocycles. The van der Waals surface area contributed by atoms with Crippen molar-refractivity contribution < 1.29 is 4.79 Å². The first-order valence-corrected chi connectivity index (χ1v) is 6.42. The number of halogens is 1. The van der Waals surface area contributed by atoms with Gasteiger partial charge in [-0.15, -0.1) is 0 Å². The second-order valence-electron chi connectivity index (χ2n) is 4.34. The van der Waals surface area contributed by atoms with E-state index in [-0.39, 0.29) is 10.7 Å². The van der Waals surface area contributed by atoms with Crippen LogP contribution in [0.4, 0.5) is 0 Å². The van der Waals surface area contributed by atoms with Gasteiger partial charge < -0.3 is 4.90 Å². The Labute approximate surface area is 95.2 Å². The molecule has 0 bridgehead atoms. The van der Waals surface area contributed by atoms with Crippen LogP contribution in [0.5, 0.6) is 0 Å². The van der Waals surface area contributed by atoms with Gasteiger partial charge in [-0.3, -0.25) is 4.79 Å². The minimum absolute atomic E-state index is 0.0453. The van der Waals surface area contributed by atoms with Crippen molar-refractivity contribution in [3.8, 4) is 0 Å². The zero-order valence-corrected chi connectivity index (χ0v) is 10.7. The third kappa shape index (κ3) is 3.60. The quantitative estimate of drug-likeness (QED) is 0.716. The zero-order valence-electron chi connectivity index (χ0n) is 9.13. The van der Waals surface area contributed by atoms with Gasteiger partial charge in [0.2, 0.25) is 5.91 Å². The fraction of sp³-hybridized carbons (Fsp3) is 0.909. The molecule has 1 unspecified atom stereocenters. The lowest BCUT2D eigenvalue weighted by atomic mass is 9.89. The molecule has 1 atom stereocenters. The Hall–Kier alpha value is -0.0500. The fourth-order valence-electron chi connectivity index (χ4n) is 2.15. The topological polar surface area (TPSA) is 20.3 Å². The van der Waals surface area contributed by atoms with Crippen LogP contribution < -0.4 is 0 Å². The van der Waals surface area contributed by atoms with Gasteiger partial charge in [-0.2, -0.15) is 0 Å². The number of hydrogen-bond donors (Lipinski definition) is 0. The van der Waals surface area contributed by atoms with E-state index in [1.54, 1.807) is 0 Å². The Morgan fingerprint density at radius 3 is 2.50 bits per heavy atom. The van der Waals surface area contributed by atoms with Crippen LogP contribution in [0, 0.1) is 5.92 Å². The Morgan fingerprint density at radius 1 is 1.43 bits per heavy atom. The molecule has 0 saturated heterocycles. The summed E-state index contributed by atoms with van der Waals surface area (Å²) in [7, 11) is 1.91. The molecule has 1 amide bonds. The van der Waals surface area contributed by atoms with Gasteiger partial charge in [-0.25, -0.2) is 0 Å². The highest BCUT2D eigenvalue weighted by molar-refractivity contribution is 9.10. The maximum Gasteiger partial charge on any atom is 0.235 e. The van der Waals surface area contributed by atoms with Crippen LogP contribution in [0.1, 0.15) is 39.0 Å². The molecule has 0 aromatic rings. The van der Waals surface area contributed by atoms with E-state index in [0.29, 0.717) is 0 Å². The van der Waals surface area contributed by atoms with Crippen molar-refractivity contribution in [1.29, 1.82) is 0 Å². The molecular formula is C11H20BrNO. The normalized spacial score (nSPS) is 20.5. The highest BCUT2D eigenvalue weighted by atomic mass is 79.9. The molecule has 0 N–H and O–H groups in total. The predicted octanol–water partition coefficient (Wildman–Crippen LogP) is 2.81. The minimum atomic E-state index is -0.0453. The maximum atomic E-state index is 11.6. The third-order valence-electron chi connectivity index (χ3n) is 2.97. The first-order chi connectivity index (χ1) is 6.61. The van der Waals surface area contributed by atoms with E-state index in [0.717, 1.165) is 12.5 Å². The predicted molar refractivity (Wildman–Crippen MR) is 62.6 cm³/mol. The van der Waals surface area contributed by atoms with Crippen LogP contribution >= 0.6 is 15.9 Å². The molecule has 2 nitrogen and oxygen atoms in total. The molecule has 0 aromatic heterocycles. The van der Waals surface area contributed by atoms with E-state index in [1.165, 1.54) is 32.1 Å². The SMILES string of the molecule is CC(Br)C(=O)N(C)CC1CCCCC1. The van der Waals surface area contributed by atoms with Crippen molar-refractivity contribution in [2.75, 3.05) is 13.6 Å². The lowest BCUT2D eigenvalue weighted by Gasteiger charge is -2.27. The van der Waals surface area contributed by atoms with Gasteiger partial charge in [0.1, 0.15) is 0 Å². The molecule has 1 aliphatic carbocycles. The Kier molecular flexibility index (Phi) is 4.93. The molecule has 0 aromatic carbocycles. The Balaban J connectivity index is 2.31. The van der Waals surface area contributed by atoms with E-state index in [9.17, 15) is 4.79 Å². The second-order valence-corrected chi connectivity index (χ2v) is 5.71. The molecule has 0 spiro atoms. The first-order valence-electron chi connectivity index (χ1n) is 5.50. The van der Waals surface area contributed by atoms with Gasteiger partial charge >= 0.3 is 0 Å². The first kappa shape index (κ1) is 12.0. The number of carbonyl (C=O) groups is 1. The number of hydrogen-bond acceptors (Lipinski definition) is 1. The maximum absolute atomic E-state index is 11.6. The molecule has 14 heavy (non-hydrogen) atoms. The van der Waals surface area contributed by atoms with Gasteiger partial charge in [-0.1, -0.05) is 35.2 Å². The monoisotopic (exact) mass is 261 g/mol. The van der Waals surface area contributed by atoms with E-state index < -0.39 is 0 Å². The van der Waals surface area contributed by atoms with E-state index >= 15 is 0 Å². The van der Waals surface area contributed by atoms with Crippen molar-refractivity contribution >= 4 is 21.8 Å². The summed E-state index contributed by atoms with van der Waals surface area (Å²) in [6.07, 6.45) is 6.67. The Bertz CT molecular complexity index is 188. The average Bonchev–Trinajstić information content (AvgIpc) is 2.18. The van der Waals surface area contributed by atoms with Gasteiger partial charge in [0.25, 0.3) is 0 Å². The van der Waals surface area contributed by atoms with Gasteiger partial charge in [0, 0.05) is 13.6 Å². The van der Waals surface area contributed by atoms with Crippen LogP contribution in [0.3, 0.4) is 0 Å². The zero-order chi connectivity index (χ0) is 10.6. The molecule has 0 heterocycles. The molecule has 82 valence electrons. The van der Waals surface area contributed by atoms with Crippen molar-refractivity contribution in [2.24, 2.45) is 5.92 Å². The van der Waals surface area contributed by atoms with E-state index in [1.807, 2.05) is 18.9 Å². The highest BCUT2D eigenvalue weighted by Gasteiger charge is 2.20. The van der Waals surface area contributed by atoms with E-state index in [4.69, 9.17) is 0 Å². The molecule has 1 rings (SSSR count). The highest BCUT2D eigenvalue weighted by Crippen LogP contribution is 2.24. The molecule has 1 aliphatic rings. The summed E-state index contributed by atoms with van der Waals surface area (Å²) in [4.78, 5) is 13.4. The molecule has 1 fully saturated rings. The number of rotatable bonds is 3. The average molecular weight is 262 g/mol.